The van der Waals surface area contributed by atoms with Crippen molar-refractivity contribution in [2.45, 2.75) is 6.42 Å². The Kier molecular flexibility index (Phi) is 4.59. The lowest BCUT2D eigenvalue weighted by Crippen LogP contribution is -2.06. The summed E-state index contributed by atoms with van der Waals surface area (Å²) >= 11 is 0. The van der Waals surface area contributed by atoms with Crippen molar-refractivity contribution in [2.24, 2.45) is 0 Å². The van der Waals surface area contributed by atoms with Crippen LogP contribution in [0.5, 0.6) is 5.75 Å². The van der Waals surface area contributed by atoms with Crippen LogP contribution in [0.2, 0.25) is 0 Å². The highest BCUT2D eigenvalue weighted by Gasteiger charge is 2.02. The number of ether oxygens (including phenoxy) is 2. The number of hydrogen-bond donors (Lipinski definition) is 1. The van der Waals surface area contributed by atoms with E-state index in [0.29, 0.717) is 5.75 Å². The van der Waals surface area contributed by atoms with Gasteiger partial charge < -0.3 is 14.6 Å². The minimum absolute atomic E-state index is 0.210. The molecule has 1 aromatic carbocycles. The van der Waals surface area contributed by atoms with Crippen molar-refractivity contribution in [3.8, 4) is 5.75 Å². The molecule has 0 aliphatic rings. The molecule has 0 spiro atoms. The third kappa shape index (κ3) is 4.80. The summed E-state index contributed by atoms with van der Waals surface area (Å²) in [5.41, 5.74) is 0. The van der Waals surface area contributed by atoms with E-state index in [9.17, 15) is 9.59 Å². The molecular weight excluding hydrogens is 212 g/mol. The highest BCUT2D eigenvalue weighted by molar-refractivity contribution is 5.68. The Bertz CT molecular complexity index is 383. The molecule has 1 aromatic rings. The van der Waals surface area contributed by atoms with E-state index >= 15 is 0 Å². The van der Waals surface area contributed by atoms with Gasteiger partial charge in [0.05, 0.1) is 12.7 Å². The fourth-order valence-corrected chi connectivity index (χ4v) is 0.861. The van der Waals surface area contributed by atoms with E-state index in [4.69, 9.17) is 9.84 Å². The standard InChI is InChI=1S/C11H10O5/c12-10(13)7-4-8-15-11(14)16-9-5-2-1-3-6-9/h1-6,8H,7H2,(H,12,13). The van der Waals surface area contributed by atoms with Crippen LogP contribution in [0.15, 0.2) is 42.7 Å². The fraction of sp³-hybridized carbons (Fsp3) is 0.0909. The average Bonchev–Trinajstić information content (AvgIpc) is 2.25. The van der Waals surface area contributed by atoms with E-state index in [2.05, 4.69) is 4.74 Å². The Morgan fingerprint density at radius 2 is 1.94 bits per heavy atom. The predicted octanol–water partition coefficient (Wildman–Crippen LogP) is 2.19. The minimum Gasteiger partial charge on any atom is -0.481 e. The molecule has 0 saturated heterocycles. The SMILES string of the molecule is O=C(O)CC=COC(=O)Oc1ccccc1. The first-order valence-electron chi connectivity index (χ1n) is 4.49. The van der Waals surface area contributed by atoms with Gasteiger partial charge in [0.25, 0.3) is 0 Å². The van der Waals surface area contributed by atoms with Crippen molar-refractivity contribution in [3.63, 3.8) is 0 Å². The number of carboxylic acid groups (broad SMARTS) is 1. The molecule has 1 N–H and O–H groups in total. The summed E-state index contributed by atoms with van der Waals surface area (Å²) in [5.74, 6) is -0.643. The van der Waals surface area contributed by atoms with Gasteiger partial charge in [-0.2, -0.15) is 0 Å². The summed E-state index contributed by atoms with van der Waals surface area (Å²) in [5, 5.41) is 8.29. The second-order valence-corrected chi connectivity index (χ2v) is 2.75. The van der Waals surface area contributed by atoms with Crippen molar-refractivity contribution < 1.29 is 24.2 Å². The summed E-state index contributed by atoms with van der Waals surface area (Å²) < 4.78 is 9.25. The lowest BCUT2D eigenvalue weighted by Gasteiger charge is -2.00. The van der Waals surface area contributed by atoms with Crippen LogP contribution < -0.4 is 4.74 Å². The van der Waals surface area contributed by atoms with Gasteiger partial charge in [-0.3, -0.25) is 4.79 Å². The number of carbonyl (C=O) groups is 2. The molecule has 0 aliphatic heterocycles. The number of para-hydroxylation sites is 1. The predicted molar refractivity (Wildman–Crippen MR) is 54.9 cm³/mol. The molecule has 0 aromatic heterocycles. The molecule has 0 atom stereocenters. The van der Waals surface area contributed by atoms with Crippen LogP contribution in [0.1, 0.15) is 6.42 Å². The van der Waals surface area contributed by atoms with Crippen LogP contribution in [0, 0.1) is 0 Å². The van der Waals surface area contributed by atoms with Crippen molar-refractivity contribution in [2.75, 3.05) is 0 Å². The third-order valence-electron chi connectivity index (χ3n) is 1.50. The van der Waals surface area contributed by atoms with Crippen LogP contribution in [0.25, 0.3) is 0 Å². The Labute approximate surface area is 91.9 Å². The molecule has 0 radical (unpaired) electrons. The molecule has 0 heterocycles. The molecule has 5 heteroatoms. The monoisotopic (exact) mass is 222 g/mol. The molecule has 84 valence electrons. The Hall–Kier alpha value is -2.30. The van der Waals surface area contributed by atoms with Gasteiger partial charge in [0.1, 0.15) is 5.75 Å². The highest BCUT2D eigenvalue weighted by atomic mass is 16.7. The first-order chi connectivity index (χ1) is 7.68. The Morgan fingerprint density at radius 3 is 2.56 bits per heavy atom. The zero-order valence-electron chi connectivity index (χ0n) is 8.33. The first-order valence-corrected chi connectivity index (χ1v) is 4.49. The third-order valence-corrected chi connectivity index (χ3v) is 1.50. The Balaban J connectivity index is 2.32. The second kappa shape index (κ2) is 6.23. The van der Waals surface area contributed by atoms with E-state index in [-0.39, 0.29) is 6.42 Å². The molecule has 16 heavy (non-hydrogen) atoms. The zero-order valence-corrected chi connectivity index (χ0v) is 8.33. The lowest BCUT2D eigenvalue weighted by atomic mass is 10.3. The number of aliphatic carboxylic acids is 1. The molecule has 1 rings (SSSR count). The smallest absolute Gasteiger partial charge is 0.481 e. The van der Waals surface area contributed by atoms with Gasteiger partial charge in [-0.1, -0.05) is 18.2 Å². The van der Waals surface area contributed by atoms with Crippen LogP contribution in [0.4, 0.5) is 4.79 Å². The molecular formula is C11H10O5. The summed E-state index contributed by atoms with van der Waals surface area (Å²) in [7, 11) is 0. The molecule has 5 nitrogen and oxygen atoms in total. The van der Waals surface area contributed by atoms with Gasteiger partial charge in [-0.15, -0.1) is 0 Å². The molecule has 0 saturated carbocycles. The lowest BCUT2D eigenvalue weighted by molar-refractivity contribution is -0.136. The number of carboxylic acids is 1. The Morgan fingerprint density at radius 1 is 1.25 bits per heavy atom. The number of carbonyl (C=O) groups excluding carboxylic acids is 1. The van der Waals surface area contributed by atoms with Crippen molar-refractivity contribution in [3.05, 3.63) is 42.7 Å². The number of hydrogen-bond acceptors (Lipinski definition) is 4. The van der Waals surface area contributed by atoms with Crippen molar-refractivity contribution in [1.82, 2.24) is 0 Å². The summed E-state index contributed by atoms with van der Waals surface area (Å²) in [4.78, 5) is 21.1. The van der Waals surface area contributed by atoms with Crippen LogP contribution in [-0.4, -0.2) is 17.2 Å². The van der Waals surface area contributed by atoms with Crippen LogP contribution >= 0.6 is 0 Å². The first kappa shape index (κ1) is 11.8. The van der Waals surface area contributed by atoms with Gasteiger partial charge in [0, 0.05) is 0 Å². The van der Waals surface area contributed by atoms with Gasteiger partial charge in [0.2, 0.25) is 0 Å². The quantitative estimate of drug-likeness (QED) is 0.480. The van der Waals surface area contributed by atoms with Gasteiger partial charge in [-0.25, -0.2) is 4.79 Å². The summed E-state index contributed by atoms with van der Waals surface area (Å²) in [6.07, 6.45) is 1.07. The molecule has 0 fully saturated rings. The maximum absolute atomic E-state index is 11.0. The maximum atomic E-state index is 11.0. The topological polar surface area (TPSA) is 72.8 Å². The van der Waals surface area contributed by atoms with Crippen molar-refractivity contribution >= 4 is 12.1 Å². The fourth-order valence-electron chi connectivity index (χ4n) is 0.861. The molecule has 0 bridgehead atoms. The van der Waals surface area contributed by atoms with Gasteiger partial charge >= 0.3 is 12.1 Å². The minimum atomic E-state index is -1.00. The molecule has 0 unspecified atom stereocenters. The average molecular weight is 222 g/mol. The molecule has 0 amide bonds. The number of benzene rings is 1. The van der Waals surface area contributed by atoms with Gasteiger partial charge in [0.15, 0.2) is 0 Å². The summed E-state index contributed by atoms with van der Waals surface area (Å²) in [6, 6.07) is 8.40. The maximum Gasteiger partial charge on any atom is 0.518 e. The van der Waals surface area contributed by atoms with E-state index in [1.165, 1.54) is 6.08 Å². The largest absolute Gasteiger partial charge is 0.518 e. The molecule has 0 aliphatic carbocycles. The van der Waals surface area contributed by atoms with Crippen molar-refractivity contribution in [1.29, 1.82) is 0 Å². The van der Waals surface area contributed by atoms with Crippen LogP contribution in [-0.2, 0) is 9.53 Å². The van der Waals surface area contributed by atoms with E-state index in [0.717, 1.165) is 6.26 Å². The second-order valence-electron chi connectivity index (χ2n) is 2.75. The van der Waals surface area contributed by atoms with E-state index in [1.54, 1.807) is 30.3 Å². The normalized spacial score (nSPS) is 10.0. The highest BCUT2D eigenvalue weighted by Crippen LogP contribution is 2.09. The zero-order chi connectivity index (χ0) is 11.8. The number of rotatable bonds is 4. The van der Waals surface area contributed by atoms with Crippen LogP contribution in [0.3, 0.4) is 0 Å². The van der Waals surface area contributed by atoms with E-state index in [1.807, 2.05) is 0 Å². The van der Waals surface area contributed by atoms with E-state index < -0.39 is 12.1 Å². The van der Waals surface area contributed by atoms with Gasteiger partial charge in [-0.05, 0) is 18.2 Å². The summed E-state index contributed by atoms with van der Waals surface area (Å²) in [6.45, 7) is 0.